The molecule has 0 amide bonds. The third kappa shape index (κ3) is 1.92. The van der Waals surface area contributed by atoms with Gasteiger partial charge in [0, 0.05) is 0 Å². The van der Waals surface area contributed by atoms with Gasteiger partial charge in [0.25, 0.3) is 0 Å². The molecular formula is C12H12FNO. The zero-order valence-electron chi connectivity index (χ0n) is 8.41. The van der Waals surface area contributed by atoms with Crippen LogP contribution in [0.3, 0.4) is 0 Å². The standard InChI is InChI=1S/C12H12FNO/c1-8-5-6-15-12(8)11(14)9-3-2-4-10(13)7-9/h2-7,11H,14H2,1H3. The number of rotatable bonds is 2. The van der Waals surface area contributed by atoms with Crippen LogP contribution < -0.4 is 5.73 Å². The zero-order chi connectivity index (χ0) is 10.8. The molecule has 78 valence electrons. The average Bonchev–Trinajstić information content (AvgIpc) is 2.63. The Morgan fingerprint density at radius 3 is 2.73 bits per heavy atom. The second kappa shape index (κ2) is 3.87. The largest absolute Gasteiger partial charge is 0.467 e. The van der Waals surface area contributed by atoms with Gasteiger partial charge in [-0.05, 0) is 36.2 Å². The summed E-state index contributed by atoms with van der Waals surface area (Å²) in [6.45, 7) is 1.91. The van der Waals surface area contributed by atoms with Crippen molar-refractivity contribution in [2.24, 2.45) is 5.73 Å². The van der Waals surface area contributed by atoms with E-state index in [0.717, 1.165) is 5.56 Å². The summed E-state index contributed by atoms with van der Waals surface area (Å²) < 4.78 is 18.3. The SMILES string of the molecule is Cc1ccoc1C(N)c1cccc(F)c1. The first kappa shape index (κ1) is 9.93. The molecule has 0 fully saturated rings. The average molecular weight is 205 g/mol. The van der Waals surface area contributed by atoms with E-state index in [2.05, 4.69) is 0 Å². The van der Waals surface area contributed by atoms with Crippen LogP contribution in [-0.2, 0) is 0 Å². The summed E-state index contributed by atoms with van der Waals surface area (Å²) in [6, 6.07) is 7.68. The van der Waals surface area contributed by atoms with Crippen molar-refractivity contribution in [2.75, 3.05) is 0 Å². The van der Waals surface area contributed by atoms with Crippen LogP contribution in [0.1, 0.15) is 22.9 Å². The van der Waals surface area contributed by atoms with Gasteiger partial charge in [-0.2, -0.15) is 0 Å². The molecule has 0 radical (unpaired) electrons. The summed E-state index contributed by atoms with van der Waals surface area (Å²) in [4.78, 5) is 0. The summed E-state index contributed by atoms with van der Waals surface area (Å²) in [5, 5.41) is 0. The Hall–Kier alpha value is -1.61. The van der Waals surface area contributed by atoms with Gasteiger partial charge in [-0.1, -0.05) is 12.1 Å². The van der Waals surface area contributed by atoms with E-state index in [-0.39, 0.29) is 5.82 Å². The van der Waals surface area contributed by atoms with E-state index in [1.807, 2.05) is 13.0 Å². The first-order valence-electron chi connectivity index (χ1n) is 4.73. The van der Waals surface area contributed by atoms with Crippen LogP contribution in [0.15, 0.2) is 41.0 Å². The third-order valence-corrected chi connectivity index (χ3v) is 2.39. The zero-order valence-corrected chi connectivity index (χ0v) is 8.41. The van der Waals surface area contributed by atoms with E-state index in [0.29, 0.717) is 11.3 Å². The Morgan fingerprint density at radius 2 is 2.13 bits per heavy atom. The molecule has 1 unspecified atom stereocenters. The van der Waals surface area contributed by atoms with Crippen molar-refractivity contribution in [1.82, 2.24) is 0 Å². The lowest BCUT2D eigenvalue weighted by molar-refractivity contribution is 0.486. The Bertz CT molecular complexity index is 464. The minimum absolute atomic E-state index is 0.285. The van der Waals surface area contributed by atoms with Crippen molar-refractivity contribution in [2.45, 2.75) is 13.0 Å². The lowest BCUT2D eigenvalue weighted by Crippen LogP contribution is -2.12. The summed E-state index contributed by atoms with van der Waals surface area (Å²) in [6.07, 6.45) is 1.59. The predicted molar refractivity (Wildman–Crippen MR) is 55.9 cm³/mol. The molecule has 2 nitrogen and oxygen atoms in total. The molecule has 1 aromatic heterocycles. The predicted octanol–water partition coefficient (Wildman–Crippen LogP) is 2.78. The molecule has 2 rings (SSSR count). The van der Waals surface area contributed by atoms with Gasteiger partial charge in [0.2, 0.25) is 0 Å². The van der Waals surface area contributed by atoms with Crippen LogP contribution in [0.5, 0.6) is 0 Å². The Morgan fingerprint density at radius 1 is 1.33 bits per heavy atom. The monoisotopic (exact) mass is 205 g/mol. The van der Waals surface area contributed by atoms with Crippen molar-refractivity contribution < 1.29 is 8.81 Å². The molecule has 1 aromatic carbocycles. The molecule has 1 heterocycles. The normalized spacial score (nSPS) is 12.7. The van der Waals surface area contributed by atoms with E-state index < -0.39 is 6.04 Å². The highest BCUT2D eigenvalue weighted by Gasteiger charge is 2.14. The minimum Gasteiger partial charge on any atom is -0.467 e. The first-order chi connectivity index (χ1) is 7.18. The number of halogens is 1. The number of furan rings is 1. The van der Waals surface area contributed by atoms with Gasteiger partial charge in [-0.3, -0.25) is 0 Å². The summed E-state index contributed by atoms with van der Waals surface area (Å²) >= 11 is 0. The Balaban J connectivity index is 2.36. The van der Waals surface area contributed by atoms with Crippen molar-refractivity contribution in [3.05, 3.63) is 59.3 Å². The van der Waals surface area contributed by atoms with Gasteiger partial charge in [0.15, 0.2) is 0 Å². The maximum atomic E-state index is 13.0. The molecule has 15 heavy (non-hydrogen) atoms. The van der Waals surface area contributed by atoms with Gasteiger partial charge < -0.3 is 10.2 Å². The highest BCUT2D eigenvalue weighted by atomic mass is 19.1. The lowest BCUT2D eigenvalue weighted by atomic mass is 10.0. The van der Waals surface area contributed by atoms with Crippen LogP contribution in [0, 0.1) is 12.7 Å². The van der Waals surface area contributed by atoms with E-state index in [4.69, 9.17) is 10.2 Å². The quantitative estimate of drug-likeness (QED) is 0.818. The van der Waals surface area contributed by atoms with Crippen LogP contribution >= 0.6 is 0 Å². The molecule has 0 saturated carbocycles. The van der Waals surface area contributed by atoms with Crippen molar-refractivity contribution in [3.8, 4) is 0 Å². The van der Waals surface area contributed by atoms with E-state index >= 15 is 0 Å². The highest BCUT2D eigenvalue weighted by molar-refractivity contribution is 5.30. The second-order valence-corrected chi connectivity index (χ2v) is 3.50. The van der Waals surface area contributed by atoms with Gasteiger partial charge in [-0.15, -0.1) is 0 Å². The van der Waals surface area contributed by atoms with Crippen LogP contribution in [0.2, 0.25) is 0 Å². The second-order valence-electron chi connectivity index (χ2n) is 3.50. The maximum Gasteiger partial charge on any atom is 0.127 e. The van der Waals surface area contributed by atoms with Crippen molar-refractivity contribution in [1.29, 1.82) is 0 Å². The van der Waals surface area contributed by atoms with Crippen LogP contribution in [-0.4, -0.2) is 0 Å². The fourth-order valence-corrected chi connectivity index (χ4v) is 1.55. The molecule has 0 bridgehead atoms. The molecule has 0 spiro atoms. The third-order valence-electron chi connectivity index (χ3n) is 2.39. The molecular weight excluding hydrogens is 193 g/mol. The molecule has 1 atom stereocenters. The van der Waals surface area contributed by atoms with E-state index in [9.17, 15) is 4.39 Å². The van der Waals surface area contributed by atoms with Crippen LogP contribution in [0.4, 0.5) is 4.39 Å². The fourth-order valence-electron chi connectivity index (χ4n) is 1.55. The fraction of sp³-hybridized carbons (Fsp3) is 0.167. The summed E-state index contributed by atoms with van der Waals surface area (Å²) in [5.74, 6) is 0.396. The number of nitrogens with two attached hydrogens (primary N) is 1. The van der Waals surface area contributed by atoms with Gasteiger partial charge in [-0.25, -0.2) is 4.39 Å². The molecule has 3 heteroatoms. The molecule has 0 aliphatic rings. The molecule has 0 aliphatic heterocycles. The number of benzene rings is 1. The van der Waals surface area contributed by atoms with Gasteiger partial charge >= 0.3 is 0 Å². The number of hydrogen-bond donors (Lipinski definition) is 1. The van der Waals surface area contributed by atoms with Gasteiger partial charge in [0.1, 0.15) is 11.6 Å². The molecule has 0 saturated heterocycles. The van der Waals surface area contributed by atoms with Crippen LogP contribution in [0.25, 0.3) is 0 Å². The summed E-state index contributed by atoms with van der Waals surface area (Å²) in [7, 11) is 0. The van der Waals surface area contributed by atoms with E-state index in [1.165, 1.54) is 12.1 Å². The highest BCUT2D eigenvalue weighted by Crippen LogP contribution is 2.23. The topological polar surface area (TPSA) is 39.2 Å². The smallest absolute Gasteiger partial charge is 0.127 e. The number of aryl methyl sites for hydroxylation is 1. The minimum atomic E-state index is -0.407. The molecule has 0 aliphatic carbocycles. The summed E-state index contributed by atoms with van der Waals surface area (Å²) in [5.41, 5.74) is 7.66. The van der Waals surface area contributed by atoms with Gasteiger partial charge in [0.05, 0.1) is 12.3 Å². The maximum absolute atomic E-state index is 13.0. The van der Waals surface area contributed by atoms with E-state index in [1.54, 1.807) is 18.4 Å². The Kier molecular flexibility index (Phi) is 2.56. The molecule has 2 N–H and O–H groups in total. The molecule has 2 aromatic rings. The van der Waals surface area contributed by atoms with Crippen molar-refractivity contribution >= 4 is 0 Å². The van der Waals surface area contributed by atoms with Crippen molar-refractivity contribution in [3.63, 3.8) is 0 Å². The number of hydrogen-bond acceptors (Lipinski definition) is 2. The first-order valence-corrected chi connectivity index (χ1v) is 4.73. The Labute approximate surface area is 87.5 Å². The lowest BCUT2D eigenvalue weighted by Gasteiger charge is -2.10.